The molecule has 4 rings (SSSR count). The fourth-order valence-corrected chi connectivity index (χ4v) is 3.88. The van der Waals surface area contributed by atoms with Crippen LogP contribution in [0.25, 0.3) is 0 Å². The van der Waals surface area contributed by atoms with E-state index in [0.717, 1.165) is 19.3 Å². The molecule has 1 spiro atoms. The number of amides is 1. The van der Waals surface area contributed by atoms with E-state index in [2.05, 4.69) is 5.32 Å². The number of carbonyl (C=O) groups is 1. The molecule has 0 atom stereocenters. The Morgan fingerprint density at radius 3 is 2.42 bits per heavy atom. The van der Waals surface area contributed by atoms with Crippen molar-refractivity contribution in [1.29, 1.82) is 0 Å². The van der Waals surface area contributed by atoms with E-state index in [1.807, 2.05) is 20.8 Å². The van der Waals surface area contributed by atoms with Crippen molar-refractivity contribution >= 4 is 6.09 Å². The van der Waals surface area contributed by atoms with Crippen LogP contribution in [0.5, 0.6) is 0 Å². The van der Waals surface area contributed by atoms with E-state index in [1.54, 1.807) is 0 Å². The zero-order chi connectivity index (χ0) is 13.9. The summed E-state index contributed by atoms with van der Waals surface area (Å²) in [5, 5.41) is 12.5. The van der Waals surface area contributed by atoms with E-state index in [0.29, 0.717) is 12.8 Å². The molecule has 2 saturated heterocycles. The first-order valence-corrected chi connectivity index (χ1v) is 7.06. The molecular weight excluding hydrogens is 246 g/mol. The van der Waals surface area contributed by atoms with E-state index in [-0.39, 0.29) is 23.8 Å². The molecule has 2 aliphatic carbocycles. The molecule has 0 aromatic heterocycles. The molecule has 2 bridgehead atoms. The van der Waals surface area contributed by atoms with Crippen LogP contribution in [0, 0.1) is 0 Å². The third-order valence-corrected chi connectivity index (χ3v) is 4.72. The summed E-state index contributed by atoms with van der Waals surface area (Å²) in [6.45, 7) is 5.60. The second kappa shape index (κ2) is 3.64. The van der Waals surface area contributed by atoms with Gasteiger partial charge in [-0.3, -0.25) is 0 Å². The lowest BCUT2D eigenvalue weighted by Gasteiger charge is -2.51. The van der Waals surface area contributed by atoms with Gasteiger partial charge in [-0.1, -0.05) is 0 Å². The average molecular weight is 269 g/mol. The van der Waals surface area contributed by atoms with E-state index < -0.39 is 11.2 Å². The molecule has 2 heterocycles. The molecule has 4 fully saturated rings. The lowest BCUT2D eigenvalue weighted by molar-refractivity contribution is -0.126. The summed E-state index contributed by atoms with van der Waals surface area (Å²) in [7, 11) is 0. The largest absolute Gasteiger partial charge is 0.444 e. The Bertz CT molecular complexity index is 402. The van der Waals surface area contributed by atoms with E-state index in [1.165, 1.54) is 0 Å². The van der Waals surface area contributed by atoms with Crippen molar-refractivity contribution in [2.45, 2.75) is 75.2 Å². The fourth-order valence-electron chi connectivity index (χ4n) is 3.88. The maximum atomic E-state index is 12.0. The Labute approximate surface area is 113 Å². The maximum Gasteiger partial charge on any atom is 0.408 e. The van der Waals surface area contributed by atoms with Gasteiger partial charge in [0.25, 0.3) is 0 Å². The minimum Gasteiger partial charge on any atom is -0.444 e. The van der Waals surface area contributed by atoms with Crippen molar-refractivity contribution < 1.29 is 19.4 Å². The zero-order valence-electron chi connectivity index (χ0n) is 11.9. The van der Waals surface area contributed by atoms with Crippen molar-refractivity contribution in [3.05, 3.63) is 0 Å². The number of hydrogen-bond acceptors (Lipinski definition) is 4. The van der Waals surface area contributed by atoms with E-state index >= 15 is 0 Å². The van der Waals surface area contributed by atoms with E-state index in [9.17, 15) is 9.90 Å². The summed E-state index contributed by atoms with van der Waals surface area (Å²) in [4.78, 5) is 12.0. The molecule has 5 nitrogen and oxygen atoms in total. The molecule has 0 unspecified atom stereocenters. The van der Waals surface area contributed by atoms with Crippen molar-refractivity contribution in [1.82, 2.24) is 5.32 Å². The Balaban J connectivity index is 1.72. The lowest BCUT2D eigenvalue weighted by Crippen LogP contribution is -2.68. The van der Waals surface area contributed by atoms with Crippen LogP contribution in [-0.4, -0.2) is 40.1 Å². The topological polar surface area (TPSA) is 67.8 Å². The first-order chi connectivity index (χ1) is 8.74. The quantitative estimate of drug-likeness (QED) is 0.801. The van der Waals surface area contributed by atoms with E-state index in [4.69, 9.17) is 9.47 Å². The van der Waals surface area contributed by atoms with Crippen molar-refractivity contribution in [2.24, 2.45) is 0 Å². The monoisotopic (exact) mass is 269 g/mol. The van der Waals surface area contributed by atoms with Gasteiger partial charge in [-0.2, -0.15) is 0 Å². The molecule has 1 amide bonds. The van der Waals surface area contributed by atoms with Gasteiger partial charge in [-0.15, -0.1) is 0 Å². The molecule has 0 aromatic rings. The van der Waals surface area contributed by atoms with Gasteiger partial charge in [0.05, 0.1) is 23.3 Å². The molecule has 4 aliphatic rings. The fraction of sp³-hybridized carbons (Fsp3) is 0.929. The predicted molar refractivity (Wildman–Crippen MR) is 68.8 cm³/mol. The molecule has 2 aliphatic heterocycles. The normalized spacial score (nSPS) is 38.5. The number of hydrogen-bond donors (Lipinski definition) is 2. The van der Waals surface area contributed by atoms with Crippen LogP contribution in [0.3, 0.4) is 0 Å². The maximum absolute atomic E-state index is 12.0. The van der Waals surface area contributed by atoms with Gasteiger partial charge >= 0.3 is 6.09 Å². The second-order valence-electron chi connectivity index (χ2n) is 7.35. The highest BCUT2D eigenvalue weighted by molar-refractivity contribution is 5.70. The SMILES string of the molecule is CC(C)(C)OC(=O)NC12CC(CO)(C1)OC21CCC1. The highest BCUT2D eigenvalue weighted by Gasteiger charge is 2.76. The number of aliphatic hydroxyl groups is 1. The van der Waals surface area contributed by atoms with Gasteiger partial charge < -0.3 is 19.9 Å². The summed E-state index contributed by atoms with van der Waals surface area (Å²) >= 11 is 0. The second-order valence-corrected chi connectivity index (χ2v) is 7.35. The van der Waals surface area contributed by atoms with Gasteiger partial charge in [0.15, 0.2) is 0 Å². The number of rotatable bonds is 2. The molecule has 2 saturated carbocycles. The highest BCUT2D eigenvalue weighted by Crippen LogP contribution is 2.66. The Hall–Kier alpha value is -0.810. The number of ether oxygens (including phenoxy) is 2. The summed E-state index contributed by atoms with van der Waals surface area (Å²) in [6.07, 6.45) is 4.08. The predicted octanol–water partition coefficient (Wildman–Crippen LogP) is 1.73. The molecule has 0 radical (unpaired) electrons. The first kappa shape index (κ1) is 13.2. The zero-order valence-corrected chi connectivity index (χ0v) is 11.9. The number of aliphatic hydroxyl groups excluding tert-OH is 1. The van der Waals surface area contributed by atoms with Crippen LogP contribution in [0.1, 0.15) is 52.9 Å². The van der Waals surface area contributed by atoms with Crippen LogP contribution in [-0.2, 0) is 9.47 Å². The van der Waals surface area contributed by atoms with Crippen LogP contribution in [0.4, 0.5) is 4.79 Å². The third-order valence-electron chi connectivity index (χ3n) is 4.72. The minimum atomic E-state index is -0.495. The summed E-state index contributed by atoms with van der Waals surface area (Å²) in [6, 6.07) is 0. The molecule has 108 valence electrons. The Morgan fingerprint density at radius 1 is 1.37 bits per heavy atom. The lowest BCUT2D eigenvalue weighted by atomic mass is 9.56. The summed E-state index contributed by atoms with van der Waals surface area (Å²) in [5.74, 6) is 0. The smallest absolute Gasteiger partial charge is 0.408 e. The molecule has 0 aromatic carbocycles. The van der Waals surface area contributed by atoms with Gasteiger partial charge in [-0.25, -0.2) is 4.79 Å². The molecular formula is C14H23NO4. The van der Waals surface area contributed by atoms with Crippen LogP contribution < -0.4 is 5.32 Å². The van der Waals surface area contributed by atoms with Gasteiger partial charge in [0.1, 0.15) is 5.60 Å². The van der Waals surface area contributed by atoms with Crippen LogP contribution in [0.2, 0.25) is 0 Å². The molecule has 19 heavy (non-hydrogen) atoms. The van der Waals surface area contributed by atoms with Gasteiger partial charge in [0.2, 0.25) is 0 Å². The number of alkyl carbamates (subject to hydrolysis) is 1. The van der Waals surface area contributed by atoms with Crippen molar-refractivity contribution in [3.8, 4) is 0 Å². The minimum absolute atomic E-state index is 0.0342. The van der Waals surface area contributed by atoms with Crippen molar-refractivity contribution in [3.63, 3.8) is 0 Å². The molecule has 5 heteroatoms. The number of nitrogens with one attached hydrogen (secondary N) is 1. The third kappa shape index (κ3) is 1.78. The Morgan fingerprint density at radius 2 is 2.00 bits per heavy atom. The summed E-state index contributed by atoms with van der Waals surface area (Å²) < 4.78 is 11.5. The summed E-state index contributed by atoms with van der Waals surface area (Å²) in [5.41, 5.74) is -1.50. The van der Waals surface area contributed by atoms with Crippen molar-refractivity contribution in [2.75, 3.05) is 6.61 Å². The van der Waals surface area contributed by atoms with Crippen LogP contribution in [0.15, 0.2) is 0 Å². The van der Waals surface area contributed by atoms with Gasteiger partial charge in [-0.05, 0) is 40.0 Å². The number of carbonyl (C=O) groups excluding carboxylic acids is 1. The van der Waals surface area contributed by atoms with Crippen LogP contribution >= 0.6 is 0 Å². The first-order valence-electron chi connectivity index (χ1n) is 7.06. The standard InChI is InChI=1S/C14H23NO4/c1-11(2,3)18-10(17)15-13-7-12(8-13,9-16)19-14(13)5-4-6-14/h16H,4-9H2,1-3H3,(H,15,17). The van der Waals surface area contributed by atoms with Gasteiger partial charge in [0, 0.05) is 12.8 Å². The Kier molecular flexibility index (Phi) is 2.53. The average Bonchev–Trinajstić information content (AvgIpc) is 2.59. The molecule has 2 N–H and O–H groups in total. The highest BCUT2D eigenvalue weighted by atomic mass is 16.6.